The van der Waals surface area contributed by atoms with Crippen LogP contribution in [0.15, 0.2) is 77.4 Å². The van der Waals surface area contributed by atoms with Gasteiger partial charge in [0.15, 0.2) is 0 Å². The highest BCUT2D eigenvalue weighted by Gasteiger charge is 2.57. The molecule has 1 aromatic heterocycles. The molecule has 4 amide bonds. The highest BCUT2D eigenvalue weighted by molar-refractivity contribution is 6.09. The lowest BCUT2D eigenvalue weighted by Gasteiger charge is -2.42. The van der Waals surface area contributed by atoms with Crippen LogP contribution in [0.5, 0.6) is 0 Å². The molecule has 8 nitrogen and oxygen atoms in total. The summed E-state index contributed by atoms with van der Waals surface area (Å²) in [6.45, 7) is 2.03. The third kappa shape index (κ3) is 4.52. The number of imide groups is 1. The molecule has 2 fully saturated rings. The van der Waals surface area contributed by atoms with Crippen molar-refractivity contribution in [2.45, 2.75) is 31.3 Å². The molecule has 36 heavy (non-hydrogen) atoms. The third-order valence-electron chi connectivity index (χ3n) is 7.28. The van der Waals surface area contributed by atoms with Crippen LogP contribution >= 0.6 is 0 Å². The summed E-state index contributed by atoms with van der Waals surface area (Å²) < 4.78 is 5.62. The molecule has 3 aromatic rings. The third-order valence-corrected chi connectivity index (χ3v) is 7.28. The number of benzene rings is 2. The molecule has 2 aliphatic heterocycles. The van der Waals surface area contributed by atoms with Gasteiger partial charge in [-0.1, -0.05) is 54.6 Å². The first kappa shape index (κ1) is 23.8. The van der Waals surface area contributed by atoms with Gasteiger partial charge in [0.05, 0.1) is 6.26 Å². The summed E-state index contributed by atoms with van der Waals surface area (Å²) in [6, 6.07) is 21.4. The quantitative estimate of drug-likeness (QED) is 0.493. The maximum atomic E-state index is 13.5. The van der Waals surface area contributed by atoms with Crippen LogP contribution in [0, 0.1) is 0 Å². The highest BCUT2D eigenvalue weighted by Crippen LogP contribution is 2.38. The van der Waals surface area contributed by atoms with Gasteiger partial charge in [-0.2, -0.15) is 0 Å². The molecule has 5 rings (SSSR count). The standard InChI is InChI=1S/C28H30N4O4/c29-25(33)20-31-26(34)28(32(27(31)35)15-12-21-7-2-1-3-8-21)13-16-30(17-14-28)19-22-9-4-5-10-23(22)24-11-6-18-36-24/h1-11,18H,12-17,19-20H2,(H2,29,33). The molecule has 0 saturated carbocycles. The monoisotopic (exact) mass is 486 g/mol. The van der Waals surface area contributed by atoms with Crippen LogP contribution in [-0.2, 0) is 22.6 Å². The van der Waals surface area contributed by atoms with E-state index in [2.05, 4.69) is 11.0 Å². The predicted molar refractivity (Wildman–Crippen MR) is 135 cm³/mol. The van der Waals surface area contributed by atoms with Crippen molar-refractivity contribution in [3.8, 4) is 11.3 Å². The van der Waals surface area contributed by atoms with E-state index >= 15 is 0 Å². The number of primary amides is 1. The molecule has 186 valence electrons. The maximum absolute atomic E-state index is 13.5. The van der Waals surface area contributed by atoms with Crippen LogP contribution < -0.4 is 5.73 Å². The number of rotatable bonds is 8. The average Bonchev–Trinajstić information content (AvgIpc) is 3.48. The fourth-order valence-electron chi connectivity index (χ4n) is 5.41. The zero-order valence-corrected chi connectivity index (χ0v) is 20.1. The lowest BCUT2D eigenvalue weighted by molar-refractivity contribution is -0.137. The number of nitrogens with zero attached hydrogens (tertiary/aromatic N) is 3. The van der Waals surface area contributed by atoms with Gasteiger partial charge in [0.1, 0.15) is 17.8 Å². The topological polar surface area (TPSA) is 100 Å². The molecule has 8 heteroatoms. The molecule has 0 aliphatic carbocycles. The number of piperidine rings is 1. The van der Waals surface area contributed by atoms with Gasteiger partial charge < -0.3 is 15.1 Å². The molecule has 2 N–H and O–H groups in total. The lowest BCUT2D eigenvalue weighted by atomic mass is 9.85. The summed E-state index contributed by atoms with van der Waals surface area (Å²) >= 11 is 0. The first-order valence-electron chi connectivity index (χ1n) is 12.3. The van der Waals surface area contributed by atoms with Crippen molar-refractivity contribution in [3.63, 3.8) is 0 Å². The van der Waals surface area contributed by atoms with Crippen molar-refractivity contribution >= 4 is 17.8 Å². The molecule has 2 saturated heterocycles. The molecule has 3 heterocycles. The van der Waals surface area contributed by atoms with E-state index in [-0.39, 0.29) is 12.5 Å². The van der Waals surface area contributed by atoms with E-state index in [0.717, 1.165) is 27.4 Å². The van der Waals surface area contributed by atoms with E-state index in [4.69, 9.17) is 10.2 Å². The van der Waals surface area contributed by atoms with Gasteiger partial charge in [0, 0.05) is 31.7 Å². The van der Waals surface area contributed by atoms with Gasteiger partial charge in [-0.3, -0.25) is 19.4 Å². The van der Waals surface area contributed by atoms with Crippen LogP contribution in [-0.4, -0.2) is 64.3 Å². The van der Waals surface area contributed by atoms with E-state index in [1.54, 1.807) is 11.2 Å². The molecular formula is C28H30N4O4. The summed E-state index contributed by atoms with van der Waals surface area (Å²) in [4.78, 5) is 43.5. The van der Waals surface area contributed by atoms with Crippen LogP contribution in [0.2, 0.25) is 0 Å². The molecule has 0 radical (unpaired) electrons. The Labute approximate surface area is 210 Å². The predicted octanol–water partition coefficient (Wildman–Crippen LogP) is 3.27. The fourth-order valence-corrected chi connectivity index (χ4v) is 5.41. The smallest absolute Gasteiger partial charge is 0.328 e. The highest BCUT2D eigenvalue weighted by atomic mass is 16.3. The number of amides is 4. The molecule has 2 aliphatic rings. The Bertz CT molecular complexity index is 1230. The van der Waals surface area contributed by atoms with Gasteiger partial charge in [-0.15, -0.1) is 0 Å². The summed E-state index contributed by atoms with van der Waals surface area (Å²) in [5.74, 6) is -0.177. The van der Waals surface area contributed by atoms with E-state index in [1.165, 1.54) is 0 Å². The van der Waals surface area contributed by atoms with Gasteiger partial charge in [-0.25, -0.2) is 4.79 Å². The SMILES string of the molecule is NC(=O)CN1C(=O)N(CCc2ccccc2)C2(CCN(Cc3ccccc3-c3ccco3)CC2)C1=O. The second-order valence-corrected chi connectivity index (χ2v) is 9.47. The first-order valence-corrected chi connectivity index (χ1v) is 12.3. The Kier molecular flexibility index (Phi) is 6.61. The Morgan fingerprint density at radius 2 is 1.67 bits per heavy atom. The summed E-state index contributed by atoms with van der Waals surface area (Å²) in [7, 11) is 0. The van der Waals surface area contributed by atoms with Gasteiger partial charge in [0.25, 0.3) is 5.91 Å². The van der Waals surface area contributed by atoms with E-state index in [0.29, 0.717) is 45.4 Å². The minimum Gasteiger partial charge on any atom is -0.464 e. The number of urea groups is 1. The van der Waals surface area contributed by atoms with E-state index in [1.807, 2.05) is 60.7 Å². The van der Waals surface area contributed by atoms with Gasteiger partial charge >= 0.3 is 6.03 Å². The normalized spacial score (nSPS) is 17.8. The Morgan fingerprint density at radius 1 is 0.944 bits per heavy atom. The lowest BCUT2D eigenvalue weighted by Crippen LogP contribution is -2.56. The molecule has 1 spiro atoms. The Balaban J connectivity index is 1.33. The second-order valence-electron chi connectivity index (χ2n) is 9.47. The van der Waals surface area contributed by atoms with Crippen LogP contribution in [0.1, 0.15) is 24.0 Å². The zero-order valence-electron chi connectivity index (χ0n) is 20.1. The molecule has 0 unspecified atom stereocenters. The first-order chi connectivity index (χ1) is 17.5. The zero-order chi connectivity index (χ0) is 25.1. The minimum atomic E-state index is -0.946. The average molecular weight is 487 g/mol. The van der Waals surface area contributed by atoms with Gasteiger partial charge in [-0.05, 0) is 42.5 Å². The Hall–Kier alpha value is -3.91. The van der Waals surface area contributed by atoms with Crippen molar-refractivity contribution < 1.29 is 18.8 Å². The van der Waals surface area contributed by atoms with Crippen LogP contribution in [0.25, 0.3) is 11.3 Å². The molecule has 2 aromatic carbocycles. The maximum Gasteiger partial charge on any atom is 0.328 e. The largest absolute Gasteiger partial charge is 0.464 e. The summed E-state index contributed by atoms with van der Waals surface area (Å²) in [5, 5.41) is 0. The number of furan rings is 1. The number of carbonyl (C=O) groups is 3. The van der Waals surface area contributed by atoms with Crippen LogP contribution in [0.4, 0.5) is 4.79 Å². The molecular weight excluding hydrogens is 456 g/mol. The van der Waals surface area contributed by atoms with Crippen molar-refractivity contribution in [1.29, 1.82) is 0 Å². The second kappa shape index (κ2) is 9.99. The number of carbonyl (C=O) groups excluding carboxylic acids is 3. The minimum absolute atomic E-state index is 0.310. The van der Waals surface area contributed by atoms with Crippen molar-refractivity contribution in [2.24, 2.45) is 5.73 Å². The number of likely N-dealkylation sites (tertiary alicyclic amines) is 1. The fraction of sp³-hybridized carbons (Fsp3) is 0.321. The molecule has 0 atom stereocenters. The number of hydrogen-bond acceptors (Lipinski definition) is 5. The van der Waals surface area contributed by atoms with Crippen molar-refractivity contribution in [1.82, 2.24) is 14.7 Å². The van der Waals surface area contributed by atoms with Gasteiger partial charge in [0.2, 0.25) is 5.91 Å². The van der Waals surface area contributed by atoms with E-state index in [9.17, 15) is 14.4 Å². The Morgan fingerprint density at radius 3 is 2.36 bits per heavy atom. The summed E-state index contributed by atoms with van der Waals surface area (Å²) in [6.07, 6.45) is 3.31. The van der Waals surface area contributed by atoms with Crippen LogP contribution in [0.3, 0.4) is 0 Å². The van der Waals surface area contributed by atoms with Crippen molar-refractivity contribution in [3.05, 3.63) is 84.1 Å². The molecule has 0 bridgehead atoms. The van der Waals surface area contributed by atoms with E-state index < -0.39 is 17.5 Å². The number of nitrogens with two attached hydrogens (primary N) is 1. The number of hydrogen-bond donors (Lipinski definition) is 1. The summed E-state index contributed by atoms with van der Waals surface area (Å²) in [5.41, 5.74) is 7.71. The van der Waals surface area contributed by atoms with Crippen molar-refractivity contribution in [2.75, 3.05) is 26.2 Å².